The molecule has 0 aromatic heterocycles. The van der Waals surface area contributed by atoms with Gasteiger partial charge in [-0.25, -0.2) is 0 Å². The van der Waals surface area contributed by atoms with E-state index in [9.17, 15) is 0 Å². The van der Waals surface area contributed by atoms with Crippen LogP contribution in [-0.4, -0.2) is 6.79 Å². The highest BCUT2D eigenvalue weighted by Crippen LogP contribution is 2.42. The third-order valence-electron chi connectivity index (χ3n) is 3.18. The predicted octanol–water partition coefficient (Wildman–Crippen LogP) is 4.01. The lowest BCUT2D eigenvalue weighted by Crippen LogP contribution is -2.02. The molecule has 140 valence electrons. The molecule has 0 radical (unpaired) electrons. The van der Waals surface area contributed by atoms with Crippen molar-refractivity contribution in [3.05, 3.63) is 72.8 Å². The predicted molar refractivity (Wildman–Crippen MR) is 108 cm³/mol. The van der Waals surface area contributed by atoms with Crippen molar-refractivity contribution in [2.24, 2.45) is 0 Å². The number of hydrogen-bond acceptors (Lipinski definition) is 7. The van der Waals surface area contributed by atoms with E-state index in [0.29, 0.717) is 34.3 Å². The van der Waals surface area contributed by atoms with Gasteiger partial charge in [0.05, 0.1) is 0 Å². The van der Waals surface area contributed by atoms with E-state index in [4.69, 9.17) is 35.6 Å². The van der Waals surface area contributed by atoms with Gasteiger partial charge in [-0.3, -0.25) is 0 Å². The number of benzene rings is 3. The number of hydrogen-bond donors (Lipinski definition) is 3. The van der Waals surface area contributed by atoms with Gasteiger partial charge in [0, 0.05) is 17.1 Å². The fraction of sp³-hybridized carbons (Fsp3) is 0. The fourth-order valence-electron chi connectivity index (χ4n) is 1.90. The zero-order chi connectivity index (χ0) is 19.6. The Balaban J connectivity index is 0.00000126. The molecule has 0 atom stereocenters. The number of rotatable bonds is 6. The van der Waals surface area contributed by atoms with Crippen LogP contribution in [-0.2, 0) is 4.79 Å². The Morgan fingerprint density at radius 1 is 0.519 bits per heavy atom. The Bertz CT molecular complexity index is 714. The lowest BCUT2D eigenvalue weighted by Gasteiger charge is -2.18. The maximum atomic E-state index is 8.00. The molecule has 0 fully saturated rings. The lowest BCUT2D eigenvalue weighted by molar-refractivity contribution is -0.0979. The van der Waals surface area contributed by atoms with Crippen LogP contribution >= 0.6 is 8.60 Å². The van der Waals surface area contributed by atoms with E-state index < -0.39 is 8.60 Å². The Morgan fingerprint density at radius 3 is 0.963 bits per heavy atom. The summed E-state index contributed by atoms with van der Waals surface area (Å²) in [5.41, 5.74) is 19.0. The van der Waals surface area contributed by atoms with Crippen molar-refractivity contribution in [1.29, 1.82) is 0 Å². The van der Waals surface area contributed by atoms with Crippen LogP contribution in [0, 0.1) is 0 Å². The highest BCUT2D eigenvalue weighted by molar-refractivity contribution is 7.43. The number of nitrogen functional groups attached to an aromatic ring is 3. The van der Waals surface area contributed by atoms with Gasteiger partial charge in [0.15, 0.2) is 0 Å². The lowest BCUT2D eigenvalue weighted by atomic mass is 10.3. The first-order chi connectivity index (χ1) is 13.1. The monoisotopic (exact) mass is 385 g/mol. The summed E-state index contributed by atoms with van der Waals surface area (Å²) in [5.74, 6) is 1.77. The Labute approximate surface area is 158 Å². The van der Waals surface area contributed by atoms with Gasteiger partial charge in [0.25, 0.3) is 0 Å². The zero-order valence-electron chi connectivity index (χ0n) is 14.4. The van der Waals surface area contributed by atoms with E-state index in [-0.39, 0.29) is 0 Å². The van der Waals surface area contributed by atoms with Crippen molar-refractivity contribution in [2.75, 3.05) is 17.2 Å². The fourth-order valence-corrected chi connectivity index (χ4v) is 2.89. The zero-order valence-corrected chi connectivity index (χ0v) is 15.3. The van der Waals surface area contributed by atoms with E-state index in [1.807, 2.05) is 6.79 Å². The van der Waals surface area contributed by atoms with E-state index in [0.717, 1.165) is 0 Å². The molecule has 3 aromatic carbocycles. The Kier molecular flexibility index (Phi) is 7.28. The third kappa shape index (κ3) is 6.41. The van der Waals surface area contributed by atoms with Crippen LogP contribution in [0.3, 0.4) is 0 Å². The van der Waals surface area contributed by atoms with E-state index in [2.05, 4.69) is 0 Å². The van der Waals surface area contributed by atoms with Crippen molar-refractivity contribution in [3.63, 3.8) is 0 Å². The van der Waals surface area contributed by atoms with Crippen molar-refractivity contribution in [1.82, 2.24) is 0 Å². The van der Waals surface area contributed by atoms with E-state index in [1.54, 1.807) is 72.8 Å². The largest absolute Gasteiger partial charge is 0.530 e. The minimum absolute atomic E-state index is 0.589. The molecule has 3 aromatic rings. The summed E-state index contributed by atoms with van der Waals surface area (Å²) in [6.45, 7) is 2.00. The van der Waals surface area contributed by atoms with Crippen molar-refractivity contribution in [3.8, 4) is 17.2 Å². The molecule has 0 bridgehead atoms. The van der Waals surface area contributed by atoms with Gasteiger partial charge >= 0.3 is 8.60 Å². The molecule has 0 aliphatic carbocycles. The van der Waals surface area contributed by atoms with Crippen LogP contribution < -0.4 is 30.8 Å². The maximum Gasteiger partial charge on any atom is 0.530 e. The summed E-state index contributed by atoms with van der Waals surface area (Å²) in [7, 11) is -1.74. The molecule has 3 rings (SSSR count). The molecule has 0 saturated heterocycles. The molecule has 0 aliphatic heterocycles. The van der Waals surface area contributed by atoms with Gasteiger partial charge in [0.1, 0.15) is 24.0 Å². The van der Waals surface area contributed by atoms with Gasteiger partial charge in [-0.1, -0.05) is 0 Å². The first-order valence-corrected chi connectivity index (χ1v) is 8.87. The highest BCUT2D eigenvalue weighted by atomic mass is 31.2. The van der Waals surface area contributed by atoms with Crippen molar-refractivity contribution >= 4 is 32.5 Å². The normalized spacial score (nSPS) is 9.81. The van der Waals surface area contributed by atoms with Gasteiger partial charge in [-0.2, -0.15) is 0 Å². The maximum absolute atomic E-state index is 8.00. The SMILES string of the molecule is C=O.Nc1ccc(OP(Oc2ccc(N)cc2)Oc2ccc(N)cc2)cc1. The van der Waals surface area contributed by atoms with E-state index >= 15 is 0 Å². The molecule has 0 heterocycles. The molecule has 0 amide bonds. The molecule has 7 nitrogen and oxygen atoms in total. The number of nitrogens with two attached hydrogens (primary N) is 3. The van der Waals surface area contributed by atoms with Crippen LogP contribution in [0.2, 0.25) is 0 Å². The summed E-state index contributed by atoms with van der Waals surface area (Å²) in [4.78, 5) is 8.00. The average Bonchev–Trinajstić information content (AvgIpc) is 2.69. The van der Waals surface area contributed by atoms with Gasteiger partial charge in [0.2, 0.25) is 0 Å². The number of carbonyl (C=O) groups excluding carboxylic acids is 1. The highest BCUT2D eigenvalue weighted by Gasteiger charge is 2.19. The molecule has 0 spiro atoms. The number of anilines is 3. The summed E-state index contributed by atoms with van der Waals surface area (Å²) in [6.07, 6.45) is 0. The van der Waals surface area contributed by atoms with Gasteiger partial charge in [-0.15, -0.1) is 0 Å². The summed E-state index contributed by atoms with van der Waals surface area (Å²) >= 11 is 0. The van der Waals surface area contributed by atoms with Gasteiger partial charge < -0.3 is 35.6 Å². The minimum atomic E-state index is -1.74. The molecule has 6 N–H and O–H groups in total. The molecule has 27 heavy (non-hydrogen) atoms. The van der Waals surface area contributed by atoms with Gasteiger partial charge in [-0.05, 0) is 72.8 Å². The first kappa shape index (κ1) is 19.9. The second kappa shape index (κ2) is 9.89. The minimum Gasteiger partial charge on any atom is -0.409 e. The molecule has 0 aliphatic rings. The van der Waals surface area contributed by atoms with Crippen LogP contribution in [0.5, 0.6) is 17.2 Å². The van der Waals surface area contributed by atoms with Crippen LogP contribution in [0.25, 0.3) is 0 Å². The standard InChI is InChI=1S/C18H18N3O3P.CH2O/c19-13-1-7-16(8-2-13)22-25(23-17-9-3-14(20)4-10-17)24-18-11-5-15(21)6-12-18;1-2/h1-12H,19-21H2;1H2. The Morgan fingerprint density at radius 2 is 0.741 bits per heavy atom. The third-order valence-corrected chi connectivity index (χ3v) is 4.26. The summed E-state index contributed by atoms with van der Waals surface area (Å²) < 4.78 is 17.5. The topological polar surface area (TPSA) is 123 Å². The van der Waals surface area contributed by atoms with Crippen LogP contribution in [0.15, 0.2) is 72.8 Å². The second-order valence-corrected chi connectivity index (χ2v) is 6.20. The average molecular weight is 385 g/mol. The van der Waals surface area contributed by atoms with Crippen molar-refractivity contribution in [2.45, 2.75) is 0 Å². The molecular formula is C19H20N3O4P. The Hall–Kier alpha value is -3.44. The van der Waals surface area contributed by atoms with E-state index in [1.165, 1.54) is 0 Å². The summed E-state index contributed by atoms with van der Waals surface area (Å²) in [6, 6.07) is 21.0. The van der Waals surface area contributed by atoms with Crippen LogP contribution in [0.1, 0.15) is 0 Å². The quantitative estimate of drug-likeness (QED) is 0.433. The molecule has 8 heteroatoms. The number of carbonyl (C=O) groups is 1. The second-order valence-electron chi connectivity index (χ2n) is 5.20. The molecule has 0 saturated carbocycles. The summed E-state index contributed by atoms with van der Waals surface area (Å²) in [5, 5.41) is 0. The molecule has 0 unspecified atom stereocenters. The molecular weight excluding hydrogens is 365 g/mol. The smallest absolute Gasteiger partial charge is 0.409 e. The first-order valence-electron chi connectivity index (χ1n) is 7.78. The van der Waals surface area contributed by atoms with Crippen molar-refractivity contribution < 1.29 is 18.4 Å². The van der Waals surface area contributed by atoms with Crippen LogP contribution in [0.4, 0.5) is 17.1 Å².